The van der Waals surface area contributed by atoms with E-state index < -0.39 is 0 Å². The number of piperidine rings is 1. The van der Waals surface area contributed by atoms with Crippen LogP contribution in [0, 0.1) is 5.92 Å². The molecule has 23 heavy (non-hydrogen) atoms. The quantitative estimate of drug-likeness (QED) is 0.838. The van der Waals surface area contributed by atoms with E-state index in [1.165, 1.54) is 5.56 Å². The van der Waals surface area contributed by atoms with Gasteiger partial charge in [-0.1, -0.05) is 44.2 Å². The van der Waals surface area contributed by atoms with Crippen molar-refractivity contribution in [3.8, 4) is 0 Å². The largest absolute Gasteiger partial charge is 0.355 e. The van der Waals surface area contributed by atoms with Gasteiger partial charge in [-0.3, -0.25) is 14.6 Å². The standard InChI is InChI=1S/C19H31N3O/c1-16(2)13-20-19(23)15-22-11-9-18(10-12-22)21(3)14-17-7-5-4-6-8-17/h4-8,16,18H,9-15H2,1-3H3,(H,20,23). The van der Waals surface area contributed by atoms with Gasteiger partial charge in [-0.05, 0) is 31.4 Å². The van der Waals surface area contributed by atoms with E-state index in [4.69, 9.17) is 0 Å². The molecule has 2 rings (SSSR count). The molecule has 1 aliphatic heterocycles. The Bertz CT molecular complexity index is 467. The average Bonchev–Trinajstić information content (AvgIpc) is 2.54. The molecular formula is C19H31N3O. The zero-order chi connectivity index (χ0) is 16.7. The van der Waals surface area contributed by atoms with Gasteiger partial charge in [0.25, 0.3) is 0 Å². The van der Waals surface area contributed by atoms with Crippen molar-refractivity contribution in [2.75, 3.05) is 33.2 Å². The first-order valence-corrected chi connectivity index (χ1v) is 8.78. The monoisotopic (exact) mass is 317 g/mol. The highest BCUT2D eigenvalue weighted by atomic mass is 16.2. The van der Waals surface area contributed by atoms with Crippen LogP contribution < -0.4 is 5.32 Å². The fourth-order valence-electron chi connectivity index (χ4n) is 3.10. The van der Waals surface area contributed by atoms with Crippen LogP contribution in [0.5, 0.6) is 0 Å². The number of likely N-dealkylation sites (tertiary alicyclic amines) is 1. The van der Waals surface area contributed by atoms with Gasteiger partial charge in [-0.15, -0.1) is 0 Å². The smallest absolute Gasteiger partial charge is 0.234 e. The average molecular weight is 317 g/mol. The first-order chi connectivity index (χ1) is 11.0. The van der Waals surface area contributed by atoms with Crippen molar-refractivity contribution in [1.29, 1.82) is 0 Å². The summed E-state index contributed by atoms with van der Waals surface area (Å²) >= 11 is 0. The Morgan fingerprint density at radius 3 is 2.52 bits per heavy atom. The van der Waals surface area contributed by atoms with E-state index in [-0.39, 0.29) is 5.91 Å². The second-order valence-electron chi connectivity index (χ2n) is 7.11. The van der Waals surface area contributed by atoms with E-state index in [1.807, 2.05) is 0 Å². The van der Waals surface area contributed by atoms with Gasteiger partial charge in [0.2, 0.25) is 5.91 Å². The van der Waals surface area contributed by atoms with Crippen molar-refractivity contribution in [2.45, 2.75) is 39.3 Å². The molecule has 0 aromatic heterocycles. The molecule has 0 unspecified atom stereocenters. The van der Waals surface area contributed by atoms with Crippen LogP contribution in [0.15, 0.2) is 30.3 Å². The minimum atomic E-state index is 0.162. The third-order valence-electron chi connectivity index (χ3n) is 4.53. The van der Waals surface area contributed by atoms with Crippen molar-refractivity contribution in [1.82, 2.24) is 15.1 Å². The number of carbonyl (C=O) groups excluding carboxylic acids is 1. The maximum atomic E-state index is 11.9. The molecule has 1 amide bonds. The highest BCUT2D eigenvalue weighted by molar-refractivity contribution is 5.78. The summed E-state index contributed by atoms with van der Waals surface area (Å²) in [6.07, 6.45) is 2.28. The van der Waals surface area contributed by atoms with Gasteiger partial charge >= 0.3 is 0 Å². The molecule has 128 valence electrons. The molecule has 0 bridgehead atoms. The van der Waals surface area contributed by atoms with Gasteiger partial charge in [0, 0.05) is 32.2 Å². The molecule has 0 spiro atoms. The molecule has 1 aromatic rings. The van der Waals surface area contributed by atoms with Crippen LogP contribution in [0.25, 0.3) is 0 Å². The third-order valence-corrected chi connectivity index (χ3v) is 4.53. The van der Waals surface area contributed by atoms with Crippen LogP contribution in [-0.4, -0.2) is 55.0 Å². The molecule has 1 fully saturated rings. The second kappa shape index (κ2) is 9.04. The Balaban J connectivity index is 1.70. The first kappa shape index (κ1) is 18.0. The number of hydrogen-bond acceptors (Lipinski definition) is 3. The van der Waals surface area contributed by atoms with E-state index in [0.717, 1.165) is 39.0 Å². The van der Waals surface area contributed by atoms with E-state index in [2.05, 4.69) is 66.3 Å². The van der Waals surface area contributed by atoms with Gasteiger partial charge < -0.3 is 5.32 Å². The molecule has 0 saturated carbocycles. The molecule has 1 saturated heterocycles. The molecule has 1 heterocycles. The lowest BCUT2D eigenvalue weighted by Crippen LogP contribution is -2.46. The summed E-state index contributed by atoms with van der Waals surface area (Å²) < 4.78 is 0. The first-order valence-electron chi connectivity index (χ1n) is 8.78. The number of nitrogens with zero attached hydrogens (tertiary/aromatic N) is 2. The zero-order valence-corrected chi connectivity index (χ0v) is 14.8. The maximum absolute atomic E-state index is 11.9. The number of carbonyl (C=O) groups is 1. The Morgan fingerprint density at radius 2 is 1.91 bits per heavy atom. The van der Waals surface area contributed by atoms with Crippen molar-refractivity contribution in [2.24, 2.45) is 5.92 Å². The predicted octanol–water partition coefficient (Wildman–Crippen LogP) is 2.35. The number of rotatable bonds is 7. The van der Waals surface area contributed by atoms with Gasteiger partial charge in [-0.2, -0.15) is 0 Å². The van der Waals surface area contributed by atoms with E-state index in [1.54, 1.807) is 0 Å². The summed E-state index contributed by atoms with van der Waals surface area (Å²) in [5.74, 6) is 0.672. The molecule has 4 nitrogen and oxygen atoms in total. The molecule has 0 radical (unpaired) electrons. The summed E-state index contributed by atoms with van der Waals surface area (Å²) in [6.45, 7) is 8.58. The Hall–Kier alpha value is -1.39. The van der Waals surface area contributed by atoms with Crippen molar-refractivity contribution < 1.29 is 4.79 Å². The normalized spacial score (nSPS) is 16.9. The van der Waals surface area contributed by atoms with Crippen LogP contribution in [-0.2, 0) is 11.3 Å². The lowest BCUT2D eigenvalue weighted by atomic mass is 10.0. The van der Waals surface area contributed by atoms with Gasteiger partial charge in [-0.25, -0.2) is 0 Å². The van der Waals surface area contributed by atoms with Gasteiger partial charge in [0.15, 0.2) is 0 Å². The van der Waals surface area contributed by atoms with Crippen molar-refractivity contribution >= 4 is 5.91 Å². The molecule has 1 aromatic carbocycles. The lowest BCUT2D eigenvalue weighted by molar-refractivity contribution is -0.122. The minimum absolute atomic E-state index is 0.162. The SMILES string of the molecule is CC(C)CNC(=O)CN1CCC(N(C)Cc2ccccc2)CC1. The third kappa shape index (κ3) is 6.32. The van der Waals surface area contributed by atoms with Gasteiger partial charge in [0.05, 0.1) is 6.54 Å². The van der Waals surface area contributed by atoms with Crippen molar-refractivity contribution in [3.05, 3.63) is 35.9 Å². The van der Waals surface area contributed by atoms with Crippen LogP contribution in [0.2, 0.25) is 0 Å². The van der Waals surface area contributed by atoms with Crippen LogP contribution in [0.1, 0.15) is 32.3 Å². The zero-order valence-electron chi connectivity index (χ0n) is 14.8. The number of benzene rings is 1. The van der Waals surface area contributed by atoms with E-state index in [9.17, 15) is 4.79 Å². The summed E-state index contributed by atoms with van der Waals surface area (Å²) in [4.78, 5) is 16.6. The van der Waals surface area contributed by atoms with Crippen LogP contribution in [0.3, 0.4) is 0 Å². The van der Waals surface area contributed by atoms with E-state index >= 15 is 0 Å². The number of amides is 1. The summed E-state index contributed by atoms with van der Waals surface area (Å²) in [6, 6.07) is 11.2. The maximum Gasteiger partial charge on any atom is 0.234 e. The van der Waals surface area contributed by atoms with Crippen LogP contribution >= 0.6 is 0 Å². The summed E-state index contributed by atoms with van der Waals surface area (Å²) in [5, 5.41) is 3.01. The Labute approximate surface area is 140 Å². The van der Waals surface area contributed by atoms with E-state index in [0.29, 0.717) is 18.5 Å². The Kier molecular flexibility index (Phi) is 7.06. The van der Waals surface area contributed by atoms with Crippen LogP contribution in [0.4, 0.5) is 0 Å². The molecular weight excluding hydrogens is 286 g/mol. The fourth-order valence-corrected chi connectivity index (χ4v) is 3.10. The second-order valence-corrected chi connectivity index (χ2v) is 7.11. The molecule has 1 N–H and O–H groups in total. The topological polar surface area (TPSA) is 35.6 Å². The summed E-state index contributed by atoms with van der Waals surface area (Å²) in [7, 11) is 2.21. The summed E-state index contributed by atoms with van der Waals surface area (Å²) in [5.41, 5.74) is 1.37. The highest BCUT2D eigenvalue weighted by Crippen LogP contribution is 2.17. The highest BCUT2D eigenvalue weighted by Gasteiger charge is 2.23. The fraction of sp³-hybridized carbons (Fsp3) is 0.632. The molecule has 0 aliphatic carbocycles. The lowest BCUT2D eigenvalue weighted by Gasteiger charge is -2.36. The molecule has 4 heteroatoms. The minimum Gasteiger partial charge on any atom is -0.355 e. The predicted molar refractivity (Wildman–Crippen MR) is 95.2 cm³/mol. The Morgan fingerprint density at radius 1 is 1.26 bits per heavy atom. The molecule has 1 aliphatic rings. The number of hydrogen-bond donors (Lipinski definition) is 1. The van der Waals surface area contributed by atoms with Crippen molar-refractivity contribution in [3.63, 3.8) is 0 Å². The molecule has 0 atom stereocenters. The number of nitrogens with one attached hydrogen (secondary N) is 1. The van der Waals surface area contributed by atoms with Gasteiger partial charge in [0.1, 0.15) is 0 Å².